The molecule has 1 amide bonds. The molecular weight excluding hydrogens is 438 g/mol. The van der Waals surface area contributed by atoms with Crippen molar-refractivity contribution in [1.29, 1.82) is 0 Å². The highest BCUT2D eigenvalue weighted by atomic mass is 35.5. The van der Waals surface area contributed by atoms with Gasteiger partial charge in [0.05, 0.1) is 5.56 Å². The van der Waals surface area contributed by atoms with E-state index >= 15 is 0 Å². The van der Waals surface area contributed by atoms with Crippen molar-refractivity contribution in [2.45, 2.75) is 44.8 Å². The highest BCUT2D eigenvalue weighted by Gasteiger charge is 2.30. The van der Waals surface area contributed by atoms with Gasteiger partial charge < -0.3 is 10.2 Å². The Morgan fingerprint density at radius 2 is 1.67 bits per heavy atom. The highest BCUT2D eigenvalue weighted by molar-refractivity contribution is 5.85. The number of nitrogens with zero attached hydrogens (tertiary/aromatic N) is 2. The van der Waals surface area contributed by atoms with E-state index in [2.05, 4.69) is 10.2 Å². The Kier molecular flexibility index (Phi) is 11.5. The molecule has 1 aromatic carbocycles. The lowest BCUT2D eigenvalue weighted by atomic mass is 9.93. The molecule has 0 atom stereocenters. The van der Waals surface area contributed by atoms with Crippen LogP contribution >= 0.6 is 24.8 Å². The first-order valence-electron chi connectivity index (χ1n) is 10.3. The summed E-state index contributed by atoms with van der Waals surface area (Å²) in [6, 6.07) is 5.39. The SMILES string of the molecule is Cl.Cl.O=C(CCC1CCNCC1)N1CCCN(Cc2ccc(C(F)(F)F)cc2)CC1. The summed E-state index contributed by atoms with van der Waals surface area (Å²) in [6.07, 6.45) is 0.536. The van der Waals surface area contributed by atoms with Gasteiger partial charge in [-0.2, -0.15) is 13.2 Å². The Morgan fingerprint density at radius 1 is 1.00 bits per heavy atom. The normalized spacial score (nSPS) is 18.8. The average molecular weight is 470 g/mol. The average Bonchev–Trinajstić information content (AvgIpc) is 2.92. The van der Waals surface area contributed by atoms with Crippen molar-refractivity contribution in [3.8, 4) is 0 Å². The standard InChI is InChI=1S/C21H30F3N3O.2ClH/c22-21(23,24)19-5-2-18(3-6-19)16-26-12-1-13-27(15-14-26)20(28)7-4-17-8-10-25-11-9-17;;/h2-3,5-6,17,25H,1,4,7-16H2;2*1H. The summed E-state index contributed by atoms with van der Waals surface area (Å²) in [4.78, 5) is 16.8. The molecule has 4 nitrogen and oxygen atoms in total. The second kappa shape index (κ2) is 12.7. The fourth-order valence-corrected chi connectivity index (χ4v) is 4.09. The van der Waals surface area contributed by atoms with Crippen LogP contribution in [-0.2, 0) is 17.5 Å². The predicted molar refractivity (Wildman–Crippen MR) is 117 cm³/mol. The van der Waals surface area contributed by atoms with E-state index in [-0.39, 0.29) is 30.7 Å². The number of benzene rings is 1. The molecule has 172 valence electrons. The zero-order chi connectivity index (χ0) is 20.0. The molecule has 30 heavy (non-hydrogen) atoms. The van der Waals surface area contributed by atoms with E-state index in [1.165, 1.54) is 0 Å². The minimum atomic E-state index is -4.30. The van der Waals surface area contributed by atoms with E-state index in [0.717, 1.165) is 76.1 Å². The van der Waals surface area contributed by atoms with Gasteiger partial charge in [-0.25, -0.2) is 0 Å². The van der Waals surface area contributed by atoms with E-state index in [4.69, 9.17) is 0 Å². The van der Waals surface area contributed by atoms with Crippen molar-refractivity contribution >= 4 is 30.7 Å². The topological polar surface area (TPSA) is 35.6 Å². The lowest BCUT2D eigenvalue weighted by Crippen LogP contribution is -2.35. The number of carbonyl (C=O) groups excluding carboxylic acids is 1. The van der Waals surface area contributed by atoms with E-state index in [1.54, 1.807) is 12.1 Å². The molecule has 9 heteroatoms. The monoisotopic (exact) mass is 469 g/mol. The number of alkyl halides is 3. The van der Waals surface area contributed by atoms with Crippen molar-refractivity contribution in [2.75, 3.05) is 39.3 Å². The minimum Gasteiger partial charge on any atom is -0.341 e. The van der Waals surface area contributed by atoms with Crippen LogP contribution in [0.2, 0.25) is 0 Å². The quantitative estimate of drug-likeness (QED) is 0.695. The number of nitrogens with one attached hydrogen (secondary N) is 1. The second-order valence-corrected chi connectivity index (χ2v) is 7.94. The maximum absolute atomic E-state index is 12.7. The summed E-state index contributed by atoms with van der Waals surface area (Å²) in [7, 11) is 0. The van der Waals surface area contributed by atoms with Gasteiger partial charge >= 0.3 is 6.18 Å². The van der Waals surface area contributed by atoms with Crippen LogP contribution in [0.1, 0.15) is 43.2 Å². The molecule has 1 aromatic rings. The third-order valence-electron chi connectivity index (χ3n) is 5.85. The van der Waals surface area contributed by atoms with Crippen LogP contribution in [0.3, 0.4) is 0 Å². The number of hydrogen-bond donors (Lipinski definition) is 1. The zero-order valence-corrected chi connectivity index (χ0v) is 18.8. The molecule has 0 aromatic heterocycles. The van der Waals surface area contributed by atoms with Crippen molar-refractivity contribution in [1.82, 2.24) is 15.1 Å². The maximum Gasteiger partial charge on any atom is 0.416 e. The fourth-order valence-electron chi connectivity index (χ4n) is 4.09. The van der Waals surface area contributed by atoms with Gasteiger partial charge in [0, 0.05) is 39.1 Å². The lowest BCUT2D eigenvalue weighted by Gasteiger charge is -2.25. The molecule has 0 bridgehead atoms. The predicted octanol–water partition coefficient (Wildman–Crippen LogP) is 4.36. The van der Waals surface area contributed by atoms with Gasteiger partial charge in [0.1, 0.15) is 0 Å². The largest absolute Gasteiger partial charge is 0.416 e. The van der Waals surface area contributed by atoms with Crippen LogP contribution < -0.4 is 5.32 Å². The molecule has 0 radical (unpaired) electrons. The first-order valence-corrected chi connectivity index (χ1v) is 10.3. The summed E-state index contributed by atoms with van der Waals surface area (Å²) >= 11 is 0. The smallest absolute Gasteiger partial charge is 0.341 e. The molecule has 0 aliphatic carbocycles. The van der Waals surface area contributed by atoms with E-state index < -0.39 is 11.7 Å². The molecule has 0 spiro atoms. The minimum absolute atomic E-state index is 0. The first-order chi connectivity index (χ1) is 13.4. The lowest BCUT2D eigenvalue weighted by molar-refractivity contribution is -0.137. The second-order valence-electron chi connectivity index (χ2n) is 7.94. The molecule has 2 aliphatic heterocycles. The van der Waals surface area contributed by atoms with E-state index in [9.17, 15) is 18.0 Å². The Hall–Kier alpha value is -1.02. The highest BCUT2D eigenvalue weighted by Crippen LogP contribution is 2.29. The number of piperidine rings is 1. The van der Waals surface area contributed by atoms with Crippen molar-refractivity contribution in [3.63, 3.8) is 0 Å². The van der Waals surface area contributed by atoms with Gasteiger partial charge in [-0.1, -0.05) is 12.1 Å². The van der Waals surface area contributed by atoms with Crippen LogP contribution in [0.25, 0.3) is 0 Å². The molecule has 1 N–H and O–H groups in total. The zero-order valence-electron chi connectivity index (χ0n) is 17.1. The van der Waals surface area contributed by atoms with Gasteiger partial charge in [-0.3, -0.25) is 9.69 Å². The summed E-state index contributed by atoms with van der Waals surface area (Å²) in [5.41, 5.74) is 0.260. The number of hydrogen-bond acceptors (Lipinski definition) is 3. The molecule has 2 aliphatic rings. The van der Waals surface area contributed by atoms with Gasteiger partial charge in [0.2, 0.25) is 5.91 Å². The maximum atomic E-state index is 12.7. The van der Waals surface area contributed by atoms with Crippen molar-refractivity contribution in [2.24, 2.45) is 5.92 Å². The Morgan fingerprint density at radius 3 is 2.30 bits per heavy atom. The van der Waals surface area contributed by atoms with Crippen molar-refractivity contribution < 1.29 is 18.0 Å². The number of halogens is 5. The summed E-state index contributed by atoms with van der Waals surface area (Å²) in [5, 5.41) is 3.35. The van der Waals surface area contributed by atoms with Gasteiger partial charge in [0.25, 0.3) is 0 Å². The van der Waals surface area contributed by atoms with Crippen molar-refractivity contribution in [3.05, 3.63) is 35.4 Å². The molecule has 2 saturated heterocycles. The van der Waals surface area contributed by atoms with Gasteiger partial charge in [-0.05, 0) is 62.4 Å². The summed E-state index contributed by atoms with van der Waals surface area (Å²) < 4.78 is 38.0. The Bertz CT molecular complexity index is 637. The van der Waals surface area contributed by atoms with Gasteiger partial charge in [-0.15, -0.1) is 24.8 Å². The van der Waals surface area contributed by atoms with Crippen LogP contribution in [-0.4, -0.2) is 55.0 Å². The van der Waals surface area contributed by atoms with Gasteiger partial charge in [0.15, 0.2) is 0 Å². The fraction of sp³-hybridized carbons (Fsp3) is 0.667. The Balaban J connectivity index is 0.00000225. The Labute approximate surface area is 189 Å². The molecule has 3 rings (SSSR count). The third kappa shape index (κ3) is 8.25. The molecule has 2 heterocycles. The van der Waals surface area contributed by atoms with Crippen LogP contribution in [0, 0.1) is 5.92 Å². The number of rotatable bonds is 5. The van der Waals surface area contributed by atoms with Crippen LogP contribution in [0.4, 0.5) is 13.2 Å². The first kappa shape index (κ1) is 27.0. The number of carbonyl (C=O) groups is 1. The molecule has 0 saturated carbocycles. The van der Waals surface area contributed by atoms with E-state index in [0.29, 0.717) is 25.4 Å². The van der Waals surface area contributed by atoms with E-state index in [1.807, 2.05) is 4.90 Å². The van der Waals surface area contributed by atoms with Crippen LogP contribution in [0.5, 0.6) is 0 Å². The summed E-state index contributed by atoms with van der Waals surface area (Å²) in [5.74, 6) is 0.906. The van der Waals surface area contributed by atoms with Crippen LogP contribution in [0.15, 0.2) is 24.3 Å². The molecular formula is C21H32Cl2F3N3O. The number of amides is 1. The third-order valence-corrected chi connectivity index (χ3v) is 5.85. The summed E-state index contributed by atoms with van der Waals surface area (Å²) in [6.45, 7) is 5.83. The molecule has 2 fully saturated rings. The molecule has 0 unspecified atom stereocenters.